The molecule has 2 aliphatic rings. The zero-order chi connectivity index (χ0) is 21.8. The second kappa shape index (κ2) is 10.1. The lowest BCUT2D eigenvalue weighted by Crippen LogP contribution is -2.16. The molecule has 2 unspecified atom stereocenters. The van der Waals surface area contributed by atoms with Crippen LogP contribution in [0.1, 0.15) is 80.4 Å². The summed E-state index contributed by atoms with van der Waals surface area (Å²) in [7, 11) is 1.66. The predicted octanol–water partition coefficient (Wildman–Crippen LogP) is 7.21. The molecule has 0 radical (unpaired) electrons. The van der Waals surface area contributed by atoms with Crippen LogP contribution >= 0.6 is 12.6 Å². The summed E-state index contributed by atoms with van der Waals surface area (Å²) in [6.45, 7) is 2.21. The molecule has 1 saturated carbocycles. The Morgan fingerprint density at radius 3 is 2.16 bits per heavy atom. The number of benzene rings is 2. The normalized spacial score (nSPS) is 25.1. The molecular weight excluding hydrogens is 400 g/mol. The van der Waals surface area contributed by atoms with Crippen LogP contribution in [0.4, 0.5) is 0 Å². The topological polar surface area (TPSA) is 26.3 Å². The van der Waals surface area contributed by atoms with E-state index in [-0.39, 0.29) is 11.7 Å². The van der Waals surface area contributed by atoms with Gasteiger partial charge in [0.2, 0.25) is 0 Å². The number of methoxy groups -OCH3 is 1. The Labute approximate surface area is 192 Å². The largest absolute Gasteiger partial charge is 0.497 e. The summed E-state index contributed by atoms with van der Waals surface area (Å²) < 4.78 is 5.23. The summed E-state index contributed by atoms with van der Waals surface area (Å²) >= 11 is 4.57. The average Bonchev–Trinajstić information content (AvgIpc) is 2.79. The molecule has 0 heterocycles. The van der Waals surface area contributed by atoms with Crippen molar-refractivity contribution in [2.24, 2.45) is 5.92 Å². The van der Waals surface area contributed by atoms with E-state index in [1.54, 1.807) is 7.11 Å². The van der Waals surface area contributed by atoms with E-state index in [4.69, 9.17) is 4.74 Å². The summed E-state index contributed by atoms with van der Waals surface area (Å²) in [4.78, 5) is 12.8. The average molecular weight is 435 g/mol. The molecule has 0 N–H and O–H groups in total. The van der Waals surface area contributed by atoms with E-state index in [2.05, 4.69) is 43.8 Å². The van der Waals surface area contributed by atoms with Crippen molar-refractivity contribution in [1.29, 1.82) is 0 Å². The van der Waals surface area contributed by atoms with E-state index in [0.29, 0.717) is 11.2 Å². The van der Waals surface area contributed by atoms with Gasteiger partial charge in [-0.3, -0.25) is 4.79 Å². The van der Waals surface area contributed by atoms with E-state index in [1.807, 2.05) is 30.3 Å². The molecule has 0 aromatic heterocycles. The van der Waals surface area contributed by atoms with Crippen LogP contribution in [0.25, 0.3) is 5.57 Å². The minimum absolute atomic E-state index is 0.0379. The van der Waals surface area contributed by atoms with E-state index in [0.717, 1.165) is 30.1 Å². The lowest BCUT2D eigenvalue weighted by atomic mass is 9.77. The number of allylic oxidation sites excluding steroid dienone is 2. The highest BCUT2D eigenvalue weighted by atomic mass is 32.1. The van der Waals surface area contributed by atoms with Gasteiger partial charge in [0.1, 0.15) is 5.75 Å². The van der Waals surface area contributed by atoms with Crippen molar-refractivity contribution in [3.63, 3.8) is 0 Å². The molecule has 2 aliphatic carbocycles. The first-order valence-corrected chi connectivity index (χ1v) is 12.2. The number of hydrogen-bond acceptors (Lipinski definition) is 3. The first kappa shape index (κ1) is 22.2. The fraction of sp³-hybridized carbons (Fsp3) is 0.464. The molecule has 0 amide bonds. The Bertz CT molecular complexity index is 903. The fourth-order valence-corrected chi connectivity index (χ4v) is 5.66. The zero-order valence-corrected chi connectivity index (χ0v) is 19.6. The van der Waals surface area contributed by atoms with Gasteiger partial charge in [-0.15, -0.1) is 0 Å². The molecule has 4 rings (SSSR count). The molecule has 164 valence electrons. The summed E-state index contributed by atoms with van der Waals surface area (Å²) in [6.07, 6.45) is 10.1. The number of carbonyl (C=O) groups is 1. The number of carbonyl (C=O) groups excluding carboxylic acids is 1. The van der Waals surface area contributed by atoms with Gasteiger partial charge in [-0.25, -0.2) is 0 Å². The van der Waals surface area contributed by atoms with Crippen molar-refractivity contribution in [2.45, 2.75) is 69.0 Å². The van der Waals surface area contributed by atoms with E-state index < -0.39 is 0 Å². The maximum atomic E-state index is 12.8. The first-order chi connectivity index (χ1) is 15.0. The van der Waals surface area contributed by atoms with Crippen molar-refractivity contribution in [3.05, 3.63) is 71.3 Å². The first-order valence-electron chi connectivity index (χ1n) is 11.7. The van der Waals surface area contributed by atoms with Crippen molar-refractivity contribution < 1.29 is 9.53 Å². The molecule has 0 aliphatic heterocycles. The van der Waals surface area contributed by atoms with Gasteiger partial charge in [0, 0.05) is 5.92 Å². The van der Waals surface area contributed by atoms with Gasteiger partial charge in [0.05, 0.1) is 7.11 Å². The maximum Gasteiger partial charge on any atom is 0.163 e. The maximum absolute atomic E-state index is 12.8. The van der Waals surface area contributed by atoms with Gasteiger partial charge in [-0.05, 0) is 103 Å². The summed E-state index contributed by atoms with van der Waals surface area (Å²) in [6, 6.07) is 16.9. The minimum atomic E-state index is -0.0379. The summed E-state index contributed by atoms with van der Waals surface area (Å²) in [5.74, 6) is 2.53. The molecule has 2 aromatic rings. The van der Waals surface area contributed by atoms with Crippen molar-refractivity contribution >= 4 is 24.0 Å². The van der Waals surface area contributed by atoms with Crippen LogP contribution in [0.15, 0.2) is 54.6 Å². The van der Waals surface area contributed by atoms with Crippen molar-refractivity contribution in [1.82, 2.24) is 0 Å². The molecular formula is C28H34O2S. The molecule has 2 aromatic carbocycles. The van der Waals surface area contributed by atoms with Gasteiger partial charge in [-0.2, -0.15) is 12.6 Å². The van der Waals surface area contributed by atoms with Crippen LogP contribution < -0.4 is 4.74 Å². The molecule has 2 atom stereocenters. The Morgan fingerprint density at radius 2 is 1.58 bits per heavy atom. The monoisotopic (exact) mass is 434 g/mol. The van der Waals surface area contributed by atoms with Gasteiger partial charge in [0.25, 0.3) is 0 Å². The Morgan fingerprint density at radius 1 is 0.935 bits per heavy atom. The second-order valence-electron chi connectivity index (χ2n) is 9.36. The number of hydrogen-bond donors (Lipinski definition) is 1. The van der Waals surface area contributed by atoms with E-state index in [1.165, 1.54) is 48.8 Å². The van der Waals surface area contributed by atoms with Crippen molar-refractivity contribution in [3.8, 4) is 5.75 Å². The lowest BCUT2D eigenvalue weighted by Gasteiger charge is -2.29. The Balaban J connectivity index is 1.38. The number of rotatable bonds is 6. The third-order valence-corrected chi connectivity index (χ3v) is 7.37. The molecule has 0 spiro atoms. The highest BCUT2D eigenvalue weighted by Crippen LogP contribution is 2.39. The standard InChI is InChI=1S/C28H34O2S/c1-19(31)17-20-3-5-21(6-4-20)22-7-9-23(10-8-22)25-13-16-27(28(29)18-25)24-11-14-26(30-2)15-12-24/h7-12,14-15,18-21,27,31H,3-6,13,16-17H2,1-2H3. The summed E-state index contributed by atoms with van der Waals surface area (Å²) in [5, 5.41) is 0.511. The van der Waals surface area contributed by atoms with E-state index in [9.17, 15) is 4.79 Å². The summed E-state index contributed by atoms with van der Waals surface area (Å²) in [5.41, 5.74) is 4.91. The van der Waals surface area contributed by atoms with Crippen LogP contribution in [0.3, 0.4) is 0 Å². The SMILES string of the molecule is COc1ccc(C2CCC(c3ccc(C4CCC(CC(C)S)CC4)cc3)=CC2=O)cc1. The lowest BCUT2D eigenvalue weighted by molar-refractivity contribution is -0.116. The second-order valence-corrected chi connectivity index (χ2v) is 10.2. The van der Waals surface area contributed by atoms with Crippen LogP contribution in [0, 0.1) is 5.92 Å². The fourth-order valence-electron chi connectivity index (χ4n) is 5.36. The van der Waals surface area contributed by atoms with E-state index >= 15 is 0 Å². The third-order valence-electron chi connectivity index (χ3n) is 7.15. The zero-order valence-electron chi connectivity index (χ0n) is 18.7. The van der Waals surface area contributed by atoms with Crippen LogP contribution in [0.2, 0.25) is 0 Å². The molecule has 0 bridgehead atoms. The smallest absolute Gasteiger partial charge is 0.163 e. The molecule has 2 nitrogen and oxygen atoms in total. The van der Waals surface area contributed by atoms with Crippen LogP contribution in [-0.4, -0.2) is 18.1 Å². The van der Waals surface area contributed by atoms with Gasteiger partial charge in [-0.1, -0.05) is 43.3 Å². The molecule has 0 saturated heterocycles. The van der Waals surface area contributed by atoms with Crippen LogP contribution in [0.5, 0.6) is 5.75 Å². The molecule has 1 fully saturated rings. The van der Waals surface area contributed by atoms with Crippen molar-refractivity contribution in [2.75, 3.05) is 7.11 Å². The molecule has 3 heteroatoms. The Hall–Kier alpha value is -2.00. The number of thiol groups is 1. The Kier molecular flexibility index (Phi) is 7.22. The van der Waals surface area contributed by atoms with Gasteiger partial charge < -0.3 is 4.74 Å². The van der Waals surface area contributed by atoms with Crippen LogP contribution in [-0.2, 0) is 4.79 Å². The quantitative estimate of drug-likeness (QED) is 0.486. The van der Waals surface area contributed by atoms with Gasteiger partial charge in [0.15, 0.2) is 5.78 Å². The predicted molar refractivity (Wildman–Crippen MR) is 132 cm³/mol. The number of ketones is 1. The highest BCUT2D eigenvalue weighted by Gasteiger charge is 2.26. The number of ether oxygens (including phenoxy) is 1. The van der Waals surface area contributed by atoms with Gasteiger partial charge >= 0.3 is 0 Å². The minimum Gasteiger partial charge on any atom is -0.497 e. The third kappa shape index (κ3) is 5.44. The highest BCUT2D eigenvalue weighted by molar-refractivity contribution is 7.80. The molecule has 31 heavy (non-hydrogen) atoms.